The zero-order valence-electron chi connectivity index (χ0n) is 15.3. The van der Waals surface area contributed by atoms with Gasteiger partial charge >= 0.3 is 5.97 Å². The molecule has 3 rings (SSSR count). The van der Waals surface area contributed by atoms with Crippen LogP contribution in [-0.4, -0.2) is 18.1 Å². The van der Waals surface area contributed by atoms with Crippen molar-refractivity contribution in [3.05, 3.63) is 95.3 Å². The Morgan fingerprint density at radius 3 is 2.52 bits per heavy atom. The standard InChI is InChI=1S/C24H19NO2/c1-18-11-14-21(15-12-18)22-10-6-5-9-20(22)8-4-3-7-19-13-16-23(25-17-19)24(26)27-2/h4-6,8-17H,1-2H3. The van der Waals surface area contributed by atoms with Crippen LogP contribution in [-0.2, 0) is 4.74 Å². The Labute approximate surface area is 159 Å². The summed E-state index contributed by atoms with van der Waals surface area (Å²) in [6.45, 7) is 2.08. The Balaban J connectivity index is 1.77. The number of esters is 1. The number of carbonyl (C=O) groups excluding carboxylic acids is 1. The summed E-state index contributed by atoms with van der Waals surface area (Å²) in [5.41, 5.74) is 5.69. The Kier molecular flexibility index (Phi) is 5.81. The van der Waals surface area contributed by atoms with Crippen LogP contribution in [0.1, 0.15) is 27.2 Å². The van der Waals surface area contributed by atoms with E-state index in [4.69, 9.17) is 0 Å². The van der Waals surface area contributed by atoms with E-state index in [-0.39, 0.29) is 5.69 Å². The molecule has 0 bridgehead atoms. The molecule has 0 aliphatic heterocycles. The molecule has 0 unspecified atom stereocenters. The van der Waals surface area contributed by atoms with Gasteiger partial charge in [0.2, 0.25) is 0 Å². The average molecular weight is 353 g/mol. The number of hydrogen-bond acceptors (Lipinski definition) is 3. The van der Waals surface area contributed by atoms with E-state index in [0.717, 1.165) is 11.1 Å². The van der Waals surface area contributed by atoms with Crippen LogP contribution in [0.15, 0.2) is 72.9 Å². The van der Waals surface area contributed by atoms with Gasteiger partial charge in [0.15, 0.2) is 0 Å². The summed E-state index contributed by atoms with van der Waals surface area (Å²) in [6.07, 6.45) is 5.38. The smallest absolute Gasteiger partial charge is 0.356 e. The molecule has 0 N–H and O–H groups in total. The maximum absolute atomic E-state index is 11.4. The van der Waals surface area contributed by atoms with E-state index in [2.05, 4.69) is 64.9 Å². The molecule has 0 spiro atoms. The van der Waals surface area contributed by atoms with Crippen LogP contribution in [0.5, 0.6) is 0 Å². The van der Waals surface area contributed by atoms with E-state index in [0.29, 0.717) is 0 Å². The van der Waals surface area contributed by atoms with Crippen LogP contribution in [0.25, 0.3) is 17.2 Å². The molecular weight excluding hydrogens is 334 g/mol. The molecule has 0 amide bonds. The fourth-order valence-electron chi connectivity index (χ4n) is 2.59. The predicted molar refractivity (Wildman–Crippen MR) is 108 cm³/mol. The normalized spacial score (nSPS) is 10.3. The molecule has 3 nitrogen and oxygen atoms in total. The molecule has 3 aromatic rings. The molecule has 0 atom stereocenters. The lowest BCUT2D eigenvalue weighted by molar-refractivity contribution is 0.0594. The fourth-order valence-corrected chi connectivity index (χ4v) is 2.59. The predicted octanol–water partition coefficient (Wildman–Crippen LogP) is 4.91. The number of carbonyl (C=O) groups is 1. The number of pyridine rings is 1. The minimum absolute atomic E-state index is 0.269. The third-order valence-electron chi connectivity index (χ3n) is 4.04. The molecule has 0 aliphatic rings. The molecule has 2 aromatic carbocycles. The second kappa shape index (κ2) is 8.64. The SMILES string of the molecule is COC(=O)c1ccc(C#CC=Cc2ccccc2-c2ccc(C)cc2)cn1. The zero-order chi connectivity index (χ0) is 19.1. The number of benzene rings is 2. The summed E-state index contributed by atoms with van der Waals surface area (Å²) in [4.78, 5) is 15.4. The second-order valence-corrected chi connectivity index (χ2v) is 5.98. The van der Waals surface area contributed by atoms with E-state index in [9.17, 15) is 4.79 Å². The number of aryl methyl sites for hydroxylation is 1. The van der Waals surface area contributed by atoms with E-state index in [1.165, 1.54) is 23.8 Å². The minimum Gasteiger partial charge on any atom is -0.464 e. The lowest BCUT2D eigenvalue weighted by atomic mass is 9.98. The van der Waals surface area contributed by atoms with Gasteiger partial charge in [-0.15, -0.1) is 0 Å². The molecule has 0 saturated heterocycles. The van der Waals surface area contributed by atoms with Crippen molar-refractivity contribution in [1.82, 2.24) is 4.98 Å². The Hall–Kier alpha value is -3.64. The number of nitrogens with zero attached hydrogens (tertiary/aromatic N) is 1. The highest BCUT2D eigenvalue weighted by Crippen LogP contribution is 2.24. The molecule has 0 radical (unpaired) electrons. The van der Waals surface area contributed by atoms with Gasteiger partial charge in [0.1, 0.15) is 5.69 Å². The van der Waals surface area contributed by atoms with Crippen LogP contribution in [0.3, 0.4) is 0 Å². The van der Waals surface area contributed by atoms with Crippen molar-refractivity contribution >= 4 is 12.0 Å². The highest BCUT2D eigenvalue weighted by molar-refractivity contribution is 5.87. The van der Waals surface area contributed by atoms with Crippen molar-refractivity contribution < 1.29 is 9.53 Å². The van der Waals surface area contributed by atoms with Crippen molar-refractivity contribution in [2.75, 3.05) is 7.11 Å². The number of hydrogen-bond donors (Lipinski definition) is 0. The van der Waals surface area contributed by atoms with Crippen molar-refractivity contribution in [3.63, 3.8) is 0 Å². The summed E-state index contributed by atoms with van der Waals surface area (Å²) in [5, 5.41) is 0. The molecular formula is C24H19NO2. The lowest BCUT2D eigenvalue weighted by Gasteiger charge is -2.06. The fraction of sp³-hybridized carbons (Fsp3) is 0.0833. The number of allylic oxidation sites excluding steroid dienone is 1. The van der Waals surface area contributed by atoms with E-state index >= 15 is 0 Å². The maximum Gasteiger partial charge on any atom is 0.356 e. The van der Waals surface area contributed by atoms with Gasteiger partial charge in [0.25, 0.3) is 0 Å². The number of ether oxygens (including phenoxy) is 1. The van der Waals surface area contributed by atoms with Crippen molar-refractivity contribution in [2.24, 2.45) is 0 Å². The van der Waals surface area contributed by atoms with Gasteiger partial charge < -0.3 is 4.74 Å². The van der Waals surface area contributed by atoms with E-state index in [1.54, 1.807) is 18.3 Å². The van der Waals surface area contributed by atoms with Gasteiger partial charge in [-0.05, 0) is 47.9 Å². The van der Waals surface area contributed by atoms with Crippen LogP contribution in [0.2, 0.25) is 0 Å². The maximum atomic E-state index is 11.4. The lowest BCUT2D eigenvalue weighted by Crippen LogP contribution is -2.03. The second-order valence-electron chi connectivity index (χ2n) is 5.98. The summed E-state index contributed by atoms with van der Waals surface area (Å²) in [6, 6.07) is 20.1. The van der Waals surface area contributed by atoms with Gasteiger partial charge in [-0.2, -0.15) is 0 Å². The molecule has 0 aliphatic carbocycles. The summed E-state index contributed by atoms with van der Waals surface area (Å²) in [7, 11) is 1.33. The Morgan fingerprint density at radius 1 is 1.04 bits per heavy atom. The molecule has 27 heavy (non-hydrogen) atoms. The van der Waals surface area contributed by atoms with Crippen molar-refractivity contribution in [2.45, 2.75) is 6.92 Å². The largest absolute Gasteiger partial charge is 0.464 e. The van der Waals surface area contributed by atoms with Gasteiger partial charge in [-0.25, -0.2) is 9.78 Å². The van der Waals surface area contributed by atoms with Gasteiger partial charge in [-0.3, -0.25) is 0 Å². The first-order chi connectivity index (χ1) is 13.2. The minimum atomic E-state index is -0.456. The summed E-state index contributed by atoms with van der Waals surface area (Å²) >= 11 is 0. The van der Waals surface area contributed by atoms with Gasteiger partial charge in [-0.1, -0.05) is 65.9 Å². The van der Waals surface area contributed by atoms with Crippen molar-refractivity contribution in [1.29, 1.82) is 0 Å². The molecule has 1 aromatic heterocycles. The van der Waals surface area contributed by atoms with E-state index in [1.807, 2.05) is 24.3 Å². The first-order valence-corrected chi connectivity index (χ1v) is 8.56. The average Bonchev–Trinajstić information content (AvgIpc) is 2.72. The molecule has 3 heteroatoms. The quantitative estimate of drug-likeness (QED) is 0.496. The highest BCUT2D eigenvalue weighted by atomic mass is 16.5. The Bertz CT molecular complexity index is 1020. The van der Waals surface area contributed by atoms with Crippen LogP contribution in [0.4, 0.5) is 0 Å². The third-order valence-corrected chi connectivity index (χ3v) is 4.04. The summed E-state index contributed by atoms with van der Waals surface area (Å²) in [5.74, 6) is 5.57. The molecule has 132 valence electrons. The van der Waals surface area contributed by atoms with Crippen molar-refractivity contribution in [3.8, 4) is 23.0 Å². The first-order valence-electron chi connectivity index (χ1n) is 8.56. The molecule has 0 saturated carbocycles. The first kappa shape index (κ1) is 18.2. The van der Waals surface area contributed by atoms with Crippen LogP contribution >= 0.6 is 0 Å². The Morgan fingerprint density at radius 2 is 1.81 bits per heavy atom. The molecule has 0 fully saturated rings. The number of methoxy groups -OCH3 is 1. The van der Waals surface area contributed by atoms with Gasteiger partial charge in [0, 0.05) is 11.8 Å². The monoisotopic (exact) mass is 353 g/mol. The number of aromatic nitrogens is 1. The van der Waals surface area contributed by atoms with Gasteiger partial charge in [0.05, 0.1) is 7.11 Å². The topological polar surface area (TPSA) is 39.2 Å². The number of rotatable bonds is 3. The van der Waals surface area contributed by atoms with E-state index < -0.39 is 5.97 Å². The van der Waals surface area contributed by atoms with Crippen LogP contribution in [0, 0.1) is 18.8 Å². The van der Waals surface area contributed by atoms with Crippen LogP contribution < -0.4 is 0 Å². The summed E-state index contributed by atoms with van der Waals surface area (Å²) < 4.78 is 4.63. The molecule has 1 heterocycles. The zero-order valence-corrected chi connectivity index (χ0v) is 15.3. The third kappa shape index (κ3) is 4.71. The highest BCUT2D eigenvalue weighted by Gasteiger charge is 2.05.